The summed E-state index contributed by atoms with van der Waals surface area (Å²) in [6.07, 6.45) is 1.72. The topological polar surface area (TPSA) is 66.6 Å². The first-order chi connectivity index (χ1) is 8.61. The number of nitrogen functional groups attached to an aromatic ring is 1. The van der Waals surface area contributed by atoms with Crippen LogP contribution in [0.15, 0.2) is 22.7 Å². The van der Waals surface area contributed by atoms with Gasteiger partial charge in [-0.05, 0) is 37.0 Å². The number of aliphatic hydroxyl groups is 1. The van der Waals surface area contributed by atoms with E-state index >= 15 is 0 Å². The summed E-state index contributed by atoms with van der Waals surface area (Å²) in [5.41, 5.74) is 6.90. The van der Waals surface area contributed by atoms with Crippen LogP contribution in [0.3, 0.4) is 0 Å². The van der Waals surface area contributed by atoms with E-state index in [0.29, 0.717) is 23.7 Å². The molecule has 1 unspecified atom stereocenters. The number of aliphatic hydroxyl groups excluding tert-OH is 1. The molecule has 1 heterocycles. The van der Waals surface area contributed by atoms with Gasteiger partial charge in [0.15, 0.2) is 0 Å². The first-order valence-corrected chi connectivity index (χ1v) is 6.86. The summed E-state index contributed by atoms with van der Waals surface area (Å²) in [7, 11) is 0. The number of carbonyl (C=O) groups is 1. The zero-order valence-corrected chi connectivity index (χ0v) is 11.7. The molecule has 3 N–H and O–H groups in total. The maximum Gasteiger partial charge on any atom is 0.255 e. The Kier molecular flexibility index (Phi) is 4.24. The molecule has 98 valence electrons. The maximum atomic E-state index is 12.3. The quantitative estimate of drug-likeness (QED) is 0.837. The van der Waals surface area contributed by atoms with Gasteiger partial charge in [0.2, 0.25) is 0 Å². The minimum absolute atomic E-state index is 0.0192. The SMILES string of the molecule is Nc1ccc(Br)cc1C(=O)N1CCC(CCO)C1. The van der Waals surface area contributed by atoms with Crippen LogP contribution in [0.25, 0.3) is 0 Å². The Morgan fingerprint density at radius 2 is 2.33 bits per heavy atom. The first-order valence-electron chi connectivity index (χ1n) is 6.07. The second-order valence-electron chi connectivity index (χ2n) is 4.65. The number of benzene rings is 1. The van der Waals surface area contributed by atoms with Crippen molar-refractivity contribution in [1.82, 2.24) is 4.90 Å². The monoisotopic (exact) mass is 312 g/mol. The molecule has 18 heavy (non-hydrogen) atoms. The van der Waals surface area contributed by atoms with Crippen molar-refractivity contribution in [2.45, 2.75) is 12.8 Å². The van der Waals surface area contributed by atoms with E-state index < -0.39 is 0 Å². The Bertz CT molecular complexity index is 451. The van der Waals surface area contributed by atoms with Gasteiger partial charge in [-0.15, -0.1) is 0 Å². The third-order valence-electron chi connectivity index (χ3n) is 3.36. The summed E-state index contributed by atoms with van der Waals surface area (Å²) in [6, 6.07) is 5.32. The number of anilines is 1. The maximum absolute atomic E-state index is 12.3. The van der Waals surface area contributed by atoms with Crippen LogP contribution in [-0.2, 0) is 0 Å². The van der Waals surface area contributed by atoms with Crippen LogP contribution in [0.5, 0.6) is 0 Å². The van der Waals surface area contributed by atoms with Gasteiger partial charge in [-0.1, -0.05) is 15.9 Å². The fourth-order valence-corrected chi connectivity index (χ4v) is 2.68. The molecule has 0 aliphatic carbocycles. The lowest BCUT2D eigenvalue weighted by molar-refractivity contribution is 0.0785. The number of halogens is 1. The Morgan fingerprint density at radius 3 is 3.06 bits per heavy atom. The van der Waals surface area contributed by atoms with Crippen LogP contribution >= 0.6 is 15.9 Å². The molecular formula is C13H17BrN2O2. The molecule has 0 aromatic heterocycles. The Hall–Kier alpha value is -1.07. The van der Waals surface area contributed by atoms with Crippen molar-refractivity contribution < 1.29 is 9.90 Å². The summed E-state index contributed by atoms with van der Waals surface area (Å²) in [4.78, 5) is 14.2. The Balaban J connectivity index is 2.10. The van der Waals surface area contributed by atoms with Crippen molar-refractivity contribution in [2.75, 3.05) is 25.4 Å². The average molecular weight is 313 g/mol. The number of hydrogen-bond acceptors (Lipinski definition) is 3. The van der Waals surface area contributed by atoms with Crippen molar-refractivity contribution in [2.24, 2.45) is 5.92 Å². The third kappa shape index (κ3) is 2.84. The zero-order valence-electron chi connectivity index (χ0n) is 10.1. The van der Waals surface area contributed by atoms with Gasteiger partial charge in [0.05, 0.1) is 5.56 Å². The smallest absolute Gasteiger partial charge is 0.255 e. The largest absolute Gasteiger partial charge is 0.398 e. The highest BCUT2D eigenvalue weighted by Gasteiger charge is 2.27. The van der Waals surface area contributed by atoms with Crippen molar-refractivity contribution in [3.63, 3.8) is 0 Å². The summed E-state index contributed by atoms with van der Waals surface area (Å²) in [5, 5.41) is 8.92. The predicted molar refractivity (Wildman–Crippen MR) is 74.3 cm³/mol. The lowest BCUT2D eigenvalue weighted by Gasteiger charge is -2.17. The van der Waals surface area contributed by atoms with Crippen LogP contribution in [0.4, 0.5) is 5.69 Å². The average Bonchev–Trinajstić information content (AvgIpc) is 2.80. The fraction of sp³-hybridized carbons (Fsp3) is 0.462. The number of likely N-dealkylation sites (tertiary alicyclic amines) is 1. The number of nitrogens with two attached hydrogens (primary N) is 1. The van der Waals surface area contributed by atoms with Crippen molar-refractivity contribution >= 4 is 27.5 Å². The summed E-state index contributed by atoms with van der Waals surface area (Å²) >= 11 is 3.35. The van der Waals surface area contributed by atoms with Crippen LogP contribution in [0.2, 0.25) is 0 Å². The van der Waals surface area contributed by atoms with Crippen molar-refractivity contribution in [1.29, 1.82) is 0 Å². The molecule has 1 aliphatic rings. The lowest BCUT2D eigenvalue weighted by atomic mass is 10.1. The molecule has 0 bridgehead atoms. The predicted octanol–water partition coefficient (Wildman–Crippen LogP) is 1.88. The van der Waals surface area contributed by atoms with Gasteiger partial charge in [-0.2, -0.15) is 0 Å². The molecule has 5 heteroatoms. The van der Waals surface area contributed by atoms with Gasteiger partial charge < -0.3 is 15.7 Å². The molecule has 0 saturated carbocycles. The molecule has 0 spiro atoms. The molecule has 1 amide bonds. The highest BCUT2D eigenvalue weighted by atomic mass is 79.9. The van der Waals surface area contributed by atoms with Crippen LogP contribution < -0.4 is 5.73 Å². The number of hydrogen-bond donors (Lipinski definition) is 2. The summed E-state index contributed by atoms with van der Waals surface area (Å²) < 4.78 is 0.853. The van der Waals surface area contributed by atoms with E-state index in [-0.39, 0.29) is 12.5 Å². The number of rotatable bonds is 3. The number of carbonyl (C=O) groups excluding carboxylic acids is 1. The van der Waals surface area contributed by atoms with E-state index in [0.717, 1.165) is 23.9 Å². The van der Waals surface area contributed by atoms with Gasteiger partial charge in [-0.3, -0.25) is 4.79 Å². The molecule has 0 radical (unpaired) electrons. The second-order valence-corrected chi connectivity index (χ2v) is 5.57. The van der Waals surface area contributed by atoms with Gasteiger partial charge in [0, 0.05) is 29.9 Å². The zero-order chi connectivity index (χ0) is 13.1. The molecule has 1 aromatic carbocycles. The standard InChI is InChI=1S/C13H17BrN2O2/c14-10-1-2-12(15)11(7-10)13(18)16-5-3-9(8-16)4-6-17/h1-2,7,9,17H,3-6,8,15H2. The number of nitrogens with zero attached hydrogens (tertiary/aromatic N) is 1. The lowest BCUT2D eigenvalue weighted by Crippen LogP contribution is -2.29. The molecule has 1 aliphatic heterocycles. The molecule has 1 atom stereocenters. The van der Waals surface area contributed by atoms with E-state index in [1.807, 2.05) is 11.0 Å². The highest BCUT2D eigenvalue weighted by molar-refractivity contribution is 9.10. The minimum atomic E-state index is -0.0192. The fourth-order valence-electron chi connectivity index (χ4n) is 2.32. The van der Waals surface area contributed by atoms with E-state index in [4.69, 9.17) is 10.8 Å². The minimum Gasteiger partial charge on any atom is -0.398 e. The van der Waals surface area contributed by atoms with E-state index in [1.165, 1.54) is 0 Å². The van der Waals surface area contributed by atoms with E-state index in [1.54, 1.807) is 12.1 Å². The second kappa shape index (κ2) is 5.71. The van der Waals surface area contributed by atoms with Gasteiger partial charge in [0.25, 0.3) is 5.91 Å². The first kappa shape index (κ1) is 13.4. The molecule has 4 nitrogen and oxygen atoms in total. The van der Waals surface area contributed by atoms with Crippen molar-refractivity contribution in [3.8, 4) is 0 Å². The summed E-state index contributed by atoms with van der Waals surface area (Å²) in [5.74, 6) is 0.390. The normalized spacial score (nSPS) is 19.2. The molecule has 1 fully saturated rings. The van der Waals surface area contributed by atoms with Crippen LogP contribution in [-0.4, -0.2) is 35.6 Å². The van der Waals surface area contributed by atoms with Gasteiger partial charge in [0.1, 0.15) is 0 Å². The third-order valence-corrected chi connectivity index (χ3v) is 3.85. The molecule has 2 rings (SSSR count). The molecule has 1 aromatic rings. The summed E-state index contributed by atoms with van der Waals surface area (Å²) in [6.45, 7) is 1.65. The van der Waals surface area contributed by atoms with E-state index in [2.05, 4.69) is 15.9 Å². The van der Waals surface area contributed by atoms with Crippen LogP contribution in [0.1, 0.15) is 23.2 Å². The Labute approximate surface area is 115 Å². The van der Waals surface area contributed by atoms with Gasteiger partial charge in [-0.25, -0.2) is 0 Å². The number of amides is 1. The van der Waals surface area contributed by atoms with Gasteiger partial charge >= 0.3 is 0 Å². The van der Waals surface area contributed by atoms with Crippen LogP contribution in [0, 0.1) is 5.92 Å². The van der Waals surface area contributed by atoms with Crippen molar-refractivity contribution in [3.05, 3.63) is 28.2 Å². The Morgan fingerprint density at radius 1 is 1.56 bits per heavy atom. The van der Waals surface area contributed by atoms with E-state index in [9.17, 15) is 4.79 Å². The molecule has 1 saturated heterocycles. The highest BCUT2D eigenvalue weighted by Crippen LogP contribution is 2.25. The molecular weight excluding hydrogens is 296 g/mol.